The SMILES string of the molecule is COC(=O)N1CCCN1C(=O)c1nn(-c2ccccc2)nc1C. The van der Waals surface area contributed by atoms with Crippen LogP contribution in [0.2, 0.25) is 0 Å². The molecule has 2 amide bonds. The van der Waals surface area contributed by atoms with Gasteiger partial charge in [-0.2, -0.15) is 9.90 Å². The first-order valence-corrected chi connectivity index (χ1v) is 7.28. The second-order valence-corrected chi connectivity index (χ2v) is 5.13. The number of rotatable bonds is 2. The summed E-state index contributed by atoms with van der Waals surface area (Å²) >= 11 is 0. The van der Waals surface area contributed by atoms with Crippen molar-refractivity contribution in [3.05, 3.63) is 41.7 Å². The highest BCUT2D eigenvalue weighted by molar-refractivity contribution is 5.94. The Morgan fingerprint density at radius 2 is 1.78 bits per heavy atom. The molecular weight excluding hydrogens is 298 g/mol. The summed E-state index contributed by atoms with van der Waals surface area (Å²) in [4.78, 5) is 25.9. The van der Waals surface area contributed by atoms with Crippen LogP contribution in [-0.4, -0.2) is 57.2 Å². The highest BCUT2D eigenvalue weighted by Crippen LogP contribution is 2.17. The van der Waals surface area contributed by atoms with Crippen molar-refractivity contribution in [2.75, 3.05) is 20.2 Å². The van der Waals surface area contributed by atoms with Gasteiger partial charge in [-0.3, -0.25) is 4.79 Å². The quantitative estimate of drug-likeness (QED) is 0.837. The minimum Gasteiger partial charge on any atom is -0.452 e. The Balaban J connectivity index is 1.88. The van der Waals surface area contributed by atoms with Gasteiger partial charge in [0.05, 0.1) is 18.5 Å². The first-order chi connectivity index (χ1) is 11.1. The third-order valence-electron chi connectivity index (χ3n) is 3.62. The van der Waals surface area contributed by atoms with Gasteiger partial charge in [0.2, 0.25) is 0 Å². The number of methoxy groups -OCH3 is 1. The van der Waals surface area contributed by atoms with Crippen LogP contribution in [0.3, 0.4) is 0 Å². The smallest absolute Gasteiger partial charge is 0.428 e. The van der Waals surface area contributed by atoms with E-state index in [-0.39, 0.29) is 11.6 Å². The zero-order chi connectivity index (χ0) is 16.4. The maximum atomic E-state index is 12.7. The van der Waals surface area contributed by atoms with Crippen molar-refractivity contribution in [3.8, 4) is 5.69 Å². The minimum absolute atomic E-state index is 0.227. The highest BCUT2D eigenvalue weighted by Gasteiger charge is 2.34. The molecule has 1 aliphatic rings. The zero-order valence-corrected chi connectivity index (χ0v) is 13.0. The van der Waals surface area contributed by atoms with Crippen LogP contribution in [0.25, 0.3) is 5.69 Å². The number of benzene rings is 1. The van der Waals surface area contributed by atoms with E-state index in [2.05, 4.69) is 10.2 Å². The number of nitrogens with zero attached hydrogens (tertiary/aromatic N) is 5. The molecule has 0 bridgehead atoms. The van der Waals surface area contributed by atoms with E-state index in [1.807, 2.05) is 30.3 Å². The number of carbonyl (C=O) groups is 2. The fourth-order valence-corrected chi connectivity index (χ4v) is 2.49. The number of aryl methyl sites for hydroxylation is 1. The fourth-order valence-electron chi connectivity index (χ4n) is 2.49. The number of hydrogen-bond donors (Lipinski definition) is 0. The molecule has 1 aliphatic heterocycles. The molecule has 120 valence electrons. The summed E-state index contributed by atoms with van der Waals surface area (Å²) in [6, 6.07) is 9.34. The molecule has 0 atom stereocenters. The van der Waals surface area contributed by atoms with Crippen LogP contribution in [0.4, 0.5) is 4.79 Å². The molecule has 0 unspecified atom stereocenters. The first-order valence-electron chi connectivity index (χ1n) is 7.28. The Morgan fingerprint density at radius 1 is 1.09 bits per heavy atom. The van der Waals surface area contributed by atoms with Crippen LogP contribution in [0.1, 0.15) is 22.6 Å². The van der Waals surface area contributed by atoms with Crippen molar-refractivity contribution in [2.45, 2.75) is 13.3 Å². The average molecular weight is 315 g/mol. The lowest BCUT2D eigenvalue weighted by atomic mass is 10.3. The van der Waals surface area contributed by atoms with Gasteiger partial charge in [0.25, 0.3) is 5.91 Å². The van der Waals surface area contributed by atoms with Crippen molar-refractivity contribution in [2.24, 2.45) is 0 Å². The molecule has 1 aromatic heterocycles. The lowest BCUT2D eigenvalue weighted by Crippen LogP contribution is -2.45. The predicted molar refractivity (Wildman–Crippen MR) is 80.9 cm³/mol. The van der Waals surface area contributed by atoms with Gasteiger partial charge in [0.1, 0.15) is 0 Å². The van der Waals surface area contributed by atoms with E-state index in [1.165, 1.54) is 21.9 Å². The molecule has 8 heteroatoms. The zero-order valence-electron chi connectivity index (χ0n) is 13.0. The third kappa shape index (κ3) is 2.75. The van der Waals surface area contributed by atoms with Crippen LogP contribution in [0.15, 0.2) is 30.3 Å². The van der Waals surface area contributed by atoms with E-state index in [4.69, 9.17) is 4.74 Å². The summed E-state index contributed by atoms with van der Waals surface area (Å²) in [7, 11) is 1.29. The van der Waals surface area contributed by atoms with Gasteiger partial charge < -0.3 is 4.74 Å². The number of hydrazine groups is 1. The van der Waals surface area contributed by atoms with Crippen LogP contribution < -0.4 is 0 Å². The van der Waals surface area contributed by atoms with E-state index < -0.39 is 6.09 Å². The molecule has 1 aromatic carbocycles. The normalized spacial score (nSPS) is 14.2. The van der Waals surface area contributed by atoms with Crippen LogP contribution >= 0.6 is 0 Å². The third-order valence-corrected chi connectivity index (χ3v) is 3.62. The summed E-state index contributed by atoms with van der Waals surface area (Å²) in [6.07, 6.45) is 0.149. The van der Waals surface area contributed by atoms with Crippen LogP contribution in [0, 0.1) is 6.92 Å². The molecule has 1 fully saturated rings. The molecule has 1 saturated heterocycles. The maximum absolute atomic E-state index is 12.7. The number of ether oxygens (including phenoxy) is 1. The summed E-state index contributed by atoms with van der Waals surface area (Å²) in [5, 5.41) is 11.2. The second kappa shape index (κ2) is 6.07. The summed E-state index contributed by atoms with van der Waals surface area (Å²) in [6.45, 7) is 2.62. The average Bonchev–Trinajstić information content (AvgIpc) is 3.21. The largest absolute Gasteiger partial charge is 0.452 e. The minimum atomic E-state index is -0.552. The van der Waals surface area contributed by atoms with Crippen LogP contribution in [0.5, 0.6) is 0 Å². The van der Waals surface area contributed by atoms with Crippen molar-refractivity contribution >= 4 is 12.0 Å². The van der Waals surface area contributed by atoms with Gasteiger partial charge in [-0.15, -0.1) is 5.10 Å². The Bertz CT molecular complexity index is 728. The van der Waals surface area contributed by atoms with E-state index in [9.17, 15) is 9.59 Å². The van der Waals surface area contributed by atoms with Gasteiger partial charge in [-0.25, -0.2) is 14.8 Å². The van der Waals surface area contributed by atoms with E-state index in [0.29, 0.717) is 25.2 Å². The monoisotopic (exact) mass is 315 g/mol. The van der Waals surface area contributed by atoms with Gasteiger partial charge in [-0.05, 0) is 25.5 Å². The number of hydrogen-bond acceptors (Lipinski definition) is 5. The Hall–Kier alpha value is -2.90. The standard InChI is InChI=1S/C15H17N5O3/c1-11-13(17-20(16-11)12-7-4-3-5-8-12)14(21)18-9-6-10-19(18)15(22)23-2/h3-5,7-8H,6,9-10H2,1-2H3. The van der Waals surface area contributed by atoms with Crippen molar-refractivity contribution < 1.29 is 14.3 Å². The summed E-state index contributed by atoms with van der Waals surface area (Å²) < 4.78 is 4.71. The number of aromatic nitrogens is 3. The van der Waals surface area contributed by atoms with E-state index in [0.717, 1.165) is 5.69 Å². The lowest BCUT2D eigenvalue weighted by molar-refractivity contribution is 0.0187. The second-order valence-electron chi connectivity index (χ2n) is 5.13. The summed E-state index contributed by atoms with van der Waals surface area (Å²) in [5.74, 6) is -0.354. The molecule has 0 N–H and O–H groups in total. The molecule has 3 rings (SSSR count). The summed E-state index contributed by atoms with van der Waals surface area (Å²) in [5.41, 5.74) is 1.50. The van der Waals surface area contributed by atoms with Crippen molar-refractivity contribution in [1.82, 2.24) is 25.0 Å². The Morgan fingerprint density at radius 3 is 2.48 bits per heavy atom. The topological polar surface area (TPSA) is 80.6 Å². The molecule has 0 saturated carbocycles. The molecule has 0 aliphatic carbocycles. The van der Waals surface area contributed by atoms with Gasteiger partial charge in [0.15, 0.2) is 5.69 Å². The molecule has 0 spiro atoms. The molecule has 23 heavy (non-hydrogen) atoms. The fraction of sp³-hybridized carbons (Fsp3) is 0.333. The van der Waals surface area contributed by atoms with Gasteiger partial charge >= 0.3 is 6.09 Å². The van der Waals surface area contributed by atoms with Gasteiger partial charge in [0, 0.05) is 13.1 Å². The maximum Gasteiger partial charge on any atom is 0.428 e. The molecule has 8 nitrogen and oxygen atoms in total. The Kier molecular flexibility index (Phi) is 3.96. The molecule has 0 radical (unpaired) electrons. The first kappa shape index (κ1) is 15.0. The van der Waals surface area contributed by atoms with Crippen LogP contribution in [-0.2, 0) is 4.74 Å². The number of amides is 2. The lowest BCUT2D eigenvalue weighted by Gasteiger charge is -2.25. The number of para-hydroxylation sites is 1. The van der Waals surface area contributed by atoms with Crippen molar-refractivity contribution in [3.63, 3.8) is 0 Å². The van der Waals surface area contributed by atoms with E-state index >= 15 is 0 Å². The number of carbonyl (C=O) groups excluding carboxylic acids is 2. The van der Waals surface area contributed by atoms with E-state index in [1.54, 1.807) is 6.92 Å². The highest BCUT2D eigenvalue weighted by atomic mass is 16.5. The van der Waals surface area contributed by atoms with Gasteiger partial charge in [-0.1, -0.05) is 18.2 Å². The van der Waals surface area contributed by atoms with Crippen molar-refractivity contribution in [1.29, 1.82) is 0 Å². The Labute approximate surface area is 133 Å². The molecular formula is C15H17N5O3. The molecule has 2 heterocycles. The molecule has 2 aromatic rings. The predicted octanol–water partition coefficient (Wildman–Crippen LogP) is 1.41.